The van der Waals surface area contributed by atoms with E-state index in [0.717, 1.165) is 11.8 Å². The van der Waals surface area contributed by atoms with Gasteiger partial charge in [0.15, 0.2) is 0 Å². The first-order valence-corrected chi connectivity index (χ1v) is 7.30. The average molecular weight is 321 g/mol. The summed E-state index contributed by atoms with van der Waals surface area (Å²) in [6, 6.07) is 11.3. The minimum atomic E-state index is -2.75. The Morgan fingerprint density at radius 2 is 2.13 bits per heavy atom. The molecule has 6 nitrogen and oxygen atoms in total. The van der Waals surface area contributed by atoms with Gasteiger partial charge in [0.05, 0.1) is 6.04 Å². The van der Waals surface area contributed by atoms with Crippen molar-refractivity contribution in [3.05, 3.63) is 53.9 Å². The second-order valence-electron chi connectivity index (χ2n) is 5.34. The summed E-state index contributed by atoms with van der Waals surface area (Å²) in [5.74, 6) is -0.304. The number of nitrogens with zero attached hydrogens (tertiary/aromatic N) is 2. The van der Waals surface area contributed by atoms with Gasteiger partial charge >= 0.3 is 6.55 Å². The number of benzene rings is 1. The fourth-order valence-corrected chi connectivity index (χ4v) is 2.62. The van der Waals surface area contributed by atoms with Gasteiger partial charge in [-0.2, -0.15) is 13.9 Å². The molecule has 0 spiro atoms. The Morgan fingerprint density at radius 3 is 2.83 bits per heavy atom. The van der Waals surface area contributed by atoms with Gasteiger partial charge in [0.1, 0.15) is 5.69 Å². The number of hydrazine groups is 1. The lowest BCUT2D eigenvalue weighted by Crippen LogP contribution is -2.33. The van der Waals surface area contributed by atoms with E-state index in [-0.39, 0.29) is 17.7 Å². The SMILES string of the molecule is O=C(NCC1CNNC1c1ccccc1)c1ccn(C(F)F)n1. The standard InChI is InChI=1S/C15H17F2N5O/c16-15(17)22-7-6-12(21-22)14(23)18-8-11-9-19-20-13(11)10-4-2-1-3-5-10/h1-7,11,13,15,19-20H,8-9H2,(H,18,23). The maximum absolute atomic E-state index is 12.5. The van der Waals surface area contributed by atoms with Gasteiger partial charge in [0.25, 0.3) is 5.91 Å². The van der Waals surface area contributed by atoms with Crippen molar-refractivity contribution in [1.29, 1.82) is 0 Å². The van der Waals surface area contributed by atoms with Gasteiger partial charge in [-0.25, -0.2) is 10.1 Å². The number of amides is 1. The lowest BCUT2D eigenvalue weighted by Gasteiger charge is -2.19. The summed E-state index contributed by atoms with van der Waals surface area (Å²) in [7, 11) is 0. The lowest BCUT2D eigenvalue weighted by molar-refractivity contribution is 0.0560. The molecule has 2 unspecified atom stereocenters. The smallest absolute Gasteiger partial charge is 0.333 e. The molecular formula is C15H17F2N5O. The van der Waals surface area contributed by atoms with Gasteiger partial charge in [-0.15, -0.1) is 0 Å². The Kier molecular flexibility index (Phi) is 4.63. The van der Waals surface area contributed by atoms with Crippen LogP contribution in [-0.2, 0) is 0 Å². The zero-order valence-electron chi connectivity index (χ0n) is 12.2. The van der Waals surface area contributed by atoms with Crippen LogP contribution in [0.4, 0.5) is 8.78 Å². The number of nitrogens with one attached hydrogen (secondary N) is 3. The molecule has 1 aliphatic rings. The minimum absolute atomic E-state index is 0.0134. The second kappa shape index (κ2) is 6.84. The molecule has 0 saturated carbocycles. The topological polar surface area (TPSA) is 71.0 Å². The van der Waals surface area contributed by atoms with Crippen LogP contribution in [0.5, 0.6) is 0 Å². The minimum Gasteiger partial charge on any atom is -0.350 e. The van der Waals surface area contributed by atoms with E-state index in [9.17, 15) is 13.6 Å². The molecule has 1 saturated heterocycles. The fourth-order valence-electron chi connectivity index (χ4n) is 2.62. The van der Waals surface area contributed by atoms with Crippen LogP contribution in [-0.4, -0.2) is 28.8 Å². The van der Waals surface area contributed by atoms with E-state index in [1.54, 1.807) is 0 Å². The molecule has 1 aromatic carbocycles. The number of aromatic nitrogens is 2. The van der Waals surface area contributed by atoms with Crippen molar-refractivity contribution in [2.45, 2.75) is 12.6 Å². The lowest BCUT2D eigenvalue weighted by atomic mass is 9.95. The molecule has 2 heterocycles. The summed E-state index contributed by atoms with van der Waals surface area (Å²) in [5, 5.41) is 6.31. The largest absolute Gasteiger partial charge is 0.350 e. The molecule has 2 aromatic rings. The first-order valence-electron chi connectivity index (χ1n) is 7.30. The molecule has 3 rings (SSSR count). The van der Waals surface area contributed by atoms with E-state index < -0.39 is 12.5 Å². The monoisotopic (exact) mass is 321 g/mol. The van der Waals surface area contributed by atoms with Crippen molar-refractivity contribution in [2.75, 3.05) is 13.1 Å². The molecule has 0 radical (unpaired) electrons. The molecule has 1 aromatic heterocycles. The maximum Gasteiger partial charge on any atom is 0.333 e. The Balaban J connectivity index is 1.59. The van der Waals surface area contributed by atoms with Crippen LogP contribution in [0.3, 0.4) is 0 Å². The molecule has 3 N–H and O–H groups in total. The molecule has 1 fully saturated rings. The summed E-state index contributed by atoms with van der Waals surface area (Å²) in [4.78, 5) is 12.0. The Morgan fingerprint density at radius 1 is 1.35 bits per heavy atom. The van der Waals surface area contributed by atoms with Crippen molar-refractivity contribution in [1.82, 2.24) is 25.9 Å². The molecule has 2 atom stereocenters. The number of rotatable bonds is 5. The van der Waals surface area contributed by atoms with Crippen LogP contribution in [0.25, 0.3) is 0 Å². The first-order chi connectivity index (χ1) is 11.1. The third kappa shape index (κ3) is 3.54. The molecule has 1 aliphatic heterocycles. The Bertz CT molecular complexity index is 661. The summed E-state index contributed by atoms with van der Waals surface area (Å²) in [6.45, 7) is -1.63. The summed E-state index contributed by atoms with van der Waals surface area (Å²) in [6.07, 6.45) is 1.09. The van der Waals surface area contributed by atoms with Crippen molar-refractivity contribution in [3.63, 3.8) is 0 Å². The average Bonchev–Trinajstić information content (AvgIpc) is 3.22. The second-order valence-corrected chi connectivity index (χ2v) is 5.34. The molecular weight excluding hydrogens is 304 g/mol. The number of alkyl halides is 2. The number of carbonyl (C=O) groups is 1. The highest BCUT2D eigenvalue weighted by Crippen LogP contribution is 2.24. The van der Waals surface area contributed by atoms with E-state index in [1.165, 1.54) is 6.07 Å². The molecule has 8 heteroatoms. The normalized spacial score (nSPS) is 20.8. The van der Waals surface area contributed by atoms with Crippen LogP contribution in [0.2, 0.25) is 0 Å². The number of halogens is 2. The van der Waals surface area contributed by atoms with Gasteiger partial charge < -0.3 is 5.32 Å². The highest BCUT2D eigenvalue weighted by Gasteiger charge is 2.28. The van der Waals surface area contributed by atoms with E-state index >= 15 is 0 Å². The summed E-state index contributed by atoms with van der Waals surface area (Å²) in [5.41, 5.74) is 7.38. The van der Waals surface area contributed by atoms with Gasteiger partial charge in [-0.3, -0.25) is 10.2 Å². The number of hydrogen-bond acceptors (Lipinski definition) is 4. The third-order valence-corrected chi connectivity index (χ3v) is 3.82. The van der Waals surface area contributed by atoms with E-state index in [1.807, 2.05) is 30.3 Å². The van der Waals surface area contributed by atoms with Crippen molar-refractivity contribution < 1.29 is 13.6 Å². The molecule has 1 amide bonds. The van der Waals surface area contributed by atoms with E-state index in [2.05, 4.69) is 21.3 Å². The van der Waals surface area contributed by atoms with Gasteiger partial charge in [-0.05, 0) is 11.6 Å². The zero-order chi connectivity index (χ0) is 16.2. The van der Waals surface area contributed by atoms with Gasteiger partial charge in [0, 0.05) is 25.2 Å². The van der Waals surface area contributed by atoms with Crippen LogP contribution < -0.4 is 16.2 Å². The van der Waals surface area contributed by atoms with Gasteiger partial charge in [-0.1, -0.05) is 30.3 Å². The Hall–Kier alpha value is -2.32. The molecule has 122 valence electrons. The highest BCUT2D eigenvalue weighted by molar-refractivity contribution is 5.92. The van der Waals surface area contributed by atoms with Crippen molar-refractivity contribution in [2.24, 2.45) is 5.92 Å². The van der Waals surface area contributed by atoms with E-state index in [4.69, 9.17) is 0 Å². The zero-order valence-corrected chi connectivity index (χ0v) is 12.2. The van der Waals surface area contributed by atoms with Crippen molar-refractivity contribution in [3.8, 4) is 0 Å². The summed E-state index contributed by atoms with van der Waals surface area (Å²) >= 11 is 0. The number of carbonyl (C=O) groups excluding carboxylic acids is 1. The van der Waals surface area contributed by atoms with Crippen LogP contribution >= 0.6 is 0 Å². The highest BCUT2D eigenvalue weighted by atomic mass is 19.3. The maximum atomic E-state index is 12.5. The molecule has 0 aliphatic carbocycles. The molecule has 0 bridgehead atoms. The first kappa shape index (κ1) is 15.6. The van der Waals surface area contributed by atoms with Crippen molar-refractivity contribution >= 4 is 5.91 Å². The van der Waals surface area contributed by atoms with Crippen LogP contribution in [0.1, 0.15) is 28.6 Å². The summed E-state index contributed by atoms with van der Waals surface area (Å²) < 4.78 is 25.4. The Labute approximate surface area is 131 Å². The number of hydrogen-bond donors (Lipinski definition) is 3. The fraction of sp³-hybridized carbons (Fsp3) is 0.333. The van der Waals surface area contributed by atoms with Crippen LogP contribution in [0, 0.1) is 5.92 Å². The van der Waals surface area contributed by atoms with Crippen LogP contribution in [0.15, 0.2) is 42.6 Å². The van der Waals surface area contributed by atoms with Gasteiger partial charge in [0.2, 0.25) is 0 Å². The van der Waals surface area contributed by atoms with E-state index in [0.29, 0.717) is 17.8 Å². The third-order valence-electron chi connectivity index (χ3n) is 3.82. The quantitative estimate of drug-likeness (QED) is 0.780. The predicted molar refractivity (Wildman–Crippen MR) is 79.6 cm³/mol. The predicted octanol–water partition coefficient (Wildman–Crippen LogP) is 1.47. The molecule has 23 heavy (non-hydrogen) atoms.